The van der Waals surface area contributed by atoms with Gasteiger partial charge in [0, 0.05) is 37.7 Å². The van der Waals surface area contributed by atoms with Crippen molar-refractivity contribution >= 4 is 28.5 Å². The van der Waals surface area contributed by atoms with Crippen molar-refractivity contribution in [2.24, 2.45) is 0 Å². The molecule has 8 nitrogen and oxygen atoms in total. The summed E-state index contributed by atoms with van der Waals surface area (Å²) in [6.45, 7) is 0. The molecule has 0 bridgehead atoms. The van der Waals surface area contributed by atoms with Crippen molar-refractivity contribution < 1.29 is 5.11 Å². The molecular formula is C22H23N7OS. The van der Waals surface area contributed by atoms with E-state index in [0.29, 0.717) is 5.82 Å². The normalized spacial score (nSPS) is 11.7. The number of fused-ring (bicyclic) bond motifs is 3. The lowest BCUT2D eigenvalue weighted by Crippen LogP contribution is -2.06. The van der Waals surface area contributed by atoms with Crippen molar-refractivity contribution in [3.05, 3.63) is 59.4 Å². The molecule has 0 fully saturated rings. The summed E-state index contributed by atoms with van der Waals surface area (Å²) in [7, 11) is 2.89. The number of aryl methyl sites for hydroxylation is 1. The predicted octanol–water partition coefficient (Wildman–Crippen LogP) is 3.39. The van der Waals surface area contributed by atoms with E-state index in [1.807, 2.05) is 42.1 Å². The quantitative estimate of drug-likeness (QED) is 0.366. The minimum atomic E-state index is 0.493. The summed E-state index contributed by atoms with van der Waals surface area (Å²) in [5, 5.41) is 23.5. The predicted molar refractivity (Wildman–Crippen MR) is 125 cm³/mol. The van der Waals surface area contributed by atoms with Crippen LogP contribution < -0.4 is 11.1 Å². The number of hydrogen-bond acceptors (Lipinski definition) is 8. The van der Waals surface area contributed by atoms with E-state index in [9.17, 15) is 0 Å². The van der Waals surface area contributed by atoms with Gasteiger partial charge in [-0.2, -0.15) is 5.10 Å². The van der Waals surface area contributed by atoms with Crippen LogP contribution in [-0.4, -0.2) is 45.2 Å². The van der Waals surface area contributed by atoms with Gasteiger partial charge in [-0.05, 0) is 42.7 Å². The Balaban J connectivity index is 0.00000112. The highest BCUT2D eigenvalue weighted by Gasteiger charge is 2.29. The van der Waals surface area contributed by atoms with E-state index in [4.69, 9.17) is 26.3 Å². The van der Waals surface area contributed by atoms with E-state index < -0.39 is 0 Å². The van der Waals surface area contributed by atoms with Crippen molar-refractivity contribution in [1.29, 1.82) is 5.41 Å². The van der Waals surface area contributed by atoms with Gasteiger partial charge >= 0.3 is 0 Å². The topological polar surface area (TPSA) is 126 Å². The largest absolute Gasteiger partial charge is 0.400 e. The van der Waals surface area contributed by atoms with Crippen molar-refractivity contribution in [2.45, 2.75) is 12.8 Å². The van der Waals surface area contributed by atoms with Crippen molar-refractivity contribution in [2.75, 3.05) is 25.2 Å². The van der Waals surface area contributed by atoms with E-state index in [1.54, 1.807) is 23.6 Å². The minimum Gasteiger partial charge on any atom is -0.400 e. The molecule has 0 spiro atoms. The number of benzene rings is 1. The Labute approximate surface area is 183 Å². The molecule has 4 aromatic rings. The van der Waals surface area contributed by atoms with Crippen molar-refractivity contribution in [3.63, 3.8) is 0 Å². The molecule has 3 aromatic heterocycles. The number of aromatic nitrogens is 4. The number of nitrogens with one attached hydrogen (secondary N) is 2. The third kappa shape index (κ3) is 3.69. The highest BCUT2D eigenvalue weighted by atomic mass is 32.1. The number of aliphatic hydroxyl groups excluding tert-OH is 1. The highest BCUT2D eigenvalue weighted by Crippen LogP contribution is 2.43. The van der Waals surface area contributed by atoms with Crippen LogP contribution >= 0.6 is 11.3 Å². The van der Waals surface area contributed by atoms with Gasteiger partial charge in [0.15, 0.2) is 5.13 Å². The highest BCUT2D eigenvalue weighted by molar-refractivity contribution is 7.19. The van der Waals surface area contributed by atoms with Gasteiger partial charge in [-0.25, -0.2) is 14.6 Å². The average Bonchev–Trinajstić information content (AvgIpc) is 3.42. The Morgan fingerprint density at radius 1 is 1.16 bits per heavy atom. The number of aliphatic hydroxyl groups is 1. The molecule has 0 amide bonds. The summed E-state index contributed by atoms with van der Waals surface area (Å²) in [5.74, 6) is 0.493. The second kappa shape index (κ2) is 8.66. The first-order chi connectivity index (χ1) is 15.2. The maximum Gasteiger partial charge on any atom is 0.183 e. The van der Waals surface area contributed by atoms with Crippen LogP contribution in [-0.2, 0) is 12.8 Å². The van der Waals surface area contributed by atoms with Crippen LogP contribution in [0.4, 0.5) is 10.9 Å². The number of nitrogen functional groups attached to an aromatic ring is 1. The lowest BCUT2D eigenvalue weighted by Gasteiger charge is -2.14. The zero-order valence-corrected chi connectivity index (χ0v) is 18.1. The molecule has 5 N–H and O–H groups in total. The van der Waals surface area contributed by atoms with Crippen LogP contribution in [0.2, 0.25) is 0 Å². The summed E-state index contributed by atoms with van der Waals surface area (Å²) in [4.78, 5) is 10.1. The van der Waals surface area contributed by atoms with Gasteiger partial charge in [0.05, 0.1) is 27.6 Å². The third-order valence-corrected chi connectivity index (χ3v) is 6.21. The first kappa shape index (κ1) is 20.7. The number of anilines is 2. The zero-order valence-electron chi connectivity index (χ0n) is 17.3. The smallest absolute Gasteiger partial charge is 0.183 e. The van der Waals surface area contributed by atoms with Gasteiger partial charge in [-0.3, -0.25) is 0 Å². The molecule has 0 unspecified atom stereocenters. The minimum absolute atomic E-state index is 0.493. The summed E-state index contributed by atoms with van der Waals surface area (Å²) in [6, 6.07) is 11.6. The molecule has 31 heavy (non-hydrogen) atoms. The van der Waals surface area contributed by atoms with E-state index in [-0.39, 0.29) is 0 Å². The summed E-state index contributed by atoms with van der Waals surface area (Å²) in [6.07, 6.45) is 4.87. The van der Waals surface area contributed by atoms with Crippen molar-refractivity contribution in [1.82, 2.24) is 19.7 Å². The van der Waals surface area contributed by atoms with Gasteiger partial charge in [0.2, 0.25) is 0 Å². The number of nitrogens with two attached hydrogens (primary N) is 1. The van der Waals surface area contributed by atoms with Gasteiger partial charge in [0.25, 0.3) is 0 Å². The Morgan fingerprint density at radius 3 is 2.58 bits per heavy atom. The molecule has 0 radical (unpaired) electrons. The Hall–Kier alpha value is -3.56. The monoisotopic (exact) mass is 433 g/mol. The van der Waals surface area contributed by atoms with Gasteiger partial charge in [-0.15, -0.1) is 0 Å². The molecule has 1 aliphatic rings. The maximum absolute atomic E-state index is 7.45. The molecule has 9 heteroatoms. The molecule has 158 valence electrons. The summed E-state index contributed by atoms with van der Waals surface area (Å²) < 4.78 is 1.99. The molecule has 1 aliphatic carbocycles. The van der Waals surface area contributed by atoms with Gasteiger partial charge in [-0.1, -0.05) is 23.5 Å². The van der Waals surface area contributed by atoms with Crippen LogP contribution in [0, 0.1) is 5.41 Å². The molecule has 0 saturated heterocycles. The lowest BCUT2D eigenvalue weighted by atomic mass is 9.95. The average molecular weight is 434 g/mol. The molecule has 0 saturated carbocycles. The number of nitrogens with zero attached hydrogens (tertiary/aromatic N) is 4. The maximum atomic E-state index is 7.45. The first-order valence-corrected chi connectivity index (χ1v) is 10.6. The standard InChI is InChI=1S/C21H19N7S.CH4O/c1-24-21-26-16-8-7-15-18(13-4-9-17(23)25-11-13)27-28(19(15)20(16)29-21)14-5-2-12(10-22)3-6-14;1-2/h2-6,9-11,22H,7-8H2,1H3,(H2,23,25)(H,24,26);2H,1H3. The summed E-state index contributed by atoms with van der Waals surface area (Å²) in [5.41, 5.74) is 12.8. The van der Waals surface area contributed by atoms with E-state index in [2.05, 4.69) is 10.3 Å². The second-order valence-corrected chi connectivity index (χ2v) is 7.84. The van der Waals surface area contributed by atoms with Crippen molar-refractivity contribution in [3.8, 4) is 27.5 Å². The van der Waals surface area contributed by atoms with Gasteiger partial charge < -0.3 is 21.6 Å². The Kier molecular flexibility index (Phi) is 5.79. The zero-order chi connectivity index (χ0) is 22.0. The Morgan fingerprint density at radius 2 is 1.94 bits per heavy atom. The Bertz CT molecular complexity index is 1210. The van der Waals surface area contributed by atoms with Crippen LogP contribution in [0.1, 0.15) is 16.8 Å². The summed E-state index contributed by atoms with van der Waals surface area (Å²) >= 11 is 1.65. The third-order valence-electron chi connectivity index (χ3n) is 5.09. The number of hydrogen-bond donors (Lipinski definition) is 4. The number of rotatable bonds is 4. The van der Waals surface area contributed by atoms with Crippen LogP contribution in [0.15, 0.2) is 42.6 Å². The first-order valence-electron chi connectivity index (χ1n) is 9.75. The second-order valence-electron chi connectivity index (χ2n) is 6.84. The number of pyridine rings is 1. The van der Waals surface area contributed by atoms with Crippen LogP contribution in [0.3, 0.4) is 0 Å². The molecule has 0 atom stereocenters. The molecular weight excluding hydrogens is 410 g/mol. The van der Waals surface area contributed by atoms with Crippen LogP contribution in [0.25, 0.3) is 27.5 Å². The fraction of sp³-hybridized carbons (Fsp3) is 0.182. The molecule has 1 aromatic carbocycles. The van der Waals surface area contributed by atoms with E-state index in [0.717, 1.165) is 63.9 Å². The van der Waals surface area contributed by atoms with E-state index in [1.165, 1.54) is 11.8 Å². The number of thiazole rings is 1. The fourth-order valence-electron chi connectivity index (χ4n) is 3.65. The molecule has 3 heterocycles. The SMILES string of the molecule is CNc1nc2c(s1)-c1c(c(-c3ccc(N)nc3)nn1-c1ccc(C=N)cc1)CC2.CO. The lowest BCUT2D eigenvalue weighted by molar-refractivity contribution is 0.399. The van der Waals surface area contributed by atoms with E-state index >= 15 is 0 Å². The molecule has 5 rings (SSSR count). The molecule has 0 aliphatic heterocycles. The van der Waals surface area contributed by atoms with Crippen LogP contribution in [0.5, 0.6) is 0 Å². The van der Waals surface area contributed by atoms with Gasteiger partial charge in [0.1, 0.15) is 5.82 Å². The fourth-order valence-corrected chi connectivity index (χ4v) is 4.68.